The molecule has 0 aliphatic carbocycles. The van der Waals surface area contributed by atoms with Crippen molar-refractivity contribution in [2.24, 2.45) is 0 Å². The van der Waals surface area contributed by atoms with Crippen LogP contribution in [-0.4, -0.2) is 36.8 Å². The van der Waals surface area contributed by atoms with E-state index >= 15 is 0 Å². The van der Waals surface area contributed by atoms with Crippen molar-refractivity contribution in [2.45, 2.75) is 5.16 Å². The van der Waals surface area contributed by atoms with Crippen LogP contribution >= 0.6 is 11.8 Å². The second-order valence-electron chi connectivity index (χ2n) is 5.43. The van der Waals surface area contributed by atoms with Gasteiger partial charge in [0.1, 0.15) is 17.7 Å². The van der Waals surface area contributed by atoms with E-state index in [0.29, 0.717) is 40.0 Å². The van der Waals surface area contributed by atoms with Crippen LogP contribution in [0.4, 0.5) is 0 Å². The van der Waals surface area contributed by atoms with Crippen molar-refractivity contribution in [3.8, 4) is 11.4 Å². The summed E-state index contributed by atoms with van der Waals surface area (Å²) < 4.78 is 8.90. The van der Waals surface area contributed by atoms with Crippen LogP contribution < -0.4 is 10.3 Å². The number of aromatic nitrogens is 5. The van der Waals surface area contributed by atoms with Gasteiger partial charge in [-0.25, -0.2) is 19.5 Å². The highest BCUT2D eigenvalue weighted by atomic mass is 32.2. The second kappa shape index (κ2) is 6.64. The molecule has 7 nitrogen and oxygen atoms in total. The average Bonchev–Trinajstić information content (AvgIpc) is 3.16. The predicted molar refractivity (Wildman–Crippen MR) is 101 cm³/mol. The largest absolute Gasteiger partial charge is 0.489 e. The number of hydrogen-bond donors (Lipinski definition) is 0. The van der Waals surface area contributed by atoms with Gasteiger partial charge in [-0.2, -0.15) is 0 Å². The lowest BCUT2D eigenvalue weighted by Crippen LogP contribution is -2.22. The highest BCUT2D eigenvalue weighted by Gasteiger charge is 2.15. The summed E-state index contributed by atoms with van der Waals surface area (Å²) in [6.45, 7) is 4.03. The number of benzene rings is 1. The summed E-state index contributed by atoms with van der Waals surface area (Å²) in [6, 6.07) is 7.29. The van der Waals surface area contributed by atoms with E-state index in [2.05, 4.69) is 21.5 Å². The van der Waals surface area contributed by atoms with E-state index in [9.17, 15) is 4.79 Å². The standard InChI is InChI=1S/C18H15N5O2S/c1-3-9-25-13-6-4-5-12(10-13)23-16(24)14-11-20-17(26-2)21-15(14)22-8-7-19-18(22)23/h3-8,10-11H,1,9H2,2H3. The van der Waals surface area contributed by atoms with Gasteiger partial charge in [-0.3, -0.25) is 9.20 Å². The van der Waals surface area contributed by atoms with Gasteiger partial charge in [-0.1, -0.05) is 30.5 Å². The third-order valence-corrected chi connectivity index (χ3v) is 4.42. The Morgan fingerprint density at radius 3 is 3.04 bits per heavy atom. The molecule has 0 aliphatic heterocycles. The molecule has 0 spiro atoms. The number of ether oxygens (including phenoxy) is 1. The zero-order valence-electron chi connectivity index (χ0n) is 14.0. The molecule has 26 heavy (non-hydrogen) atoms. The lowest BCUT2D eigenvalue weighted by Gasteiger charge is -2.12. The zero-order chi connectivity index (χ0) is 18.1. The van der Waals surface area contributed by atoms with E-state index in [0.717, 1.165) is 0 Å². The molecule has 0 N–H and O–H groups in total. The van der Waals surface area contributed by atoms with Gasteiger partial charge in [0.05, 0.1) is 5.69 Å². The predicted octanol–water partition coefficient (Wildman–Crippen LogP) is 2.72. The van der Waals surface area contributed by atoms with Gasteiger partial charge in [0.15, 0.2) is 10.8 Å². The first-order chi connectivity index (χ1) is 12.7. The number of fused-ring (bicyclic) bond motifs is 3. The molecular formula is C18H15N5O2S. The lowest BCUT2D eigenvalue weighted by molar-refractivity contribution is 0.363. The Balaban J connectivity index is 2.01. The maximum absolute atomic E-state index is 13.1. The number of thioether (sulfide) groups is 1. The van der Waals surface area contributed by atoms with Gasteiger partial charge in [0, 0.05) is 24.7 Å². The van der Waals surface area contributed by atoms with Crippen LogP contribution in [0.15, 0.2) is 65.5 Å². The van der Waals surface area contributed by atoms with E-state index < -0.39 is 0 Å². The van der Waals surface area contributed by atoms with E-state index in [1.165, 1.54) is 16.3 Å². The Kier molecular flexibility index (Phi) is 4.18. The quantitative estimate of drug-likeness (QED) is 0.308. The van der Waals surface area contributed by atoms with Crippen LogP contribution in [-0.2, 0) is 0 Å². The molecule has 0 atom stereocenters. The fourth-order valence-corrected chi connectivity index (χ4v) is 3.06. The van der Waals surface area contributed by atoms with Gasteiger partial charge < -0.3 is 4.74 Å². The molecule has 3 aromatic heterocycles. The Bertz CT molecular complexity index is 1180. The molecule has 0 bridgehead atoms. The summed E-state index contributed by atoms with van der Waals surface area (Å²) in [7, 11) is 0. The topological polar surface area (TPSA) is 74.3 Å². The van der Waals surface area contributed by atoms with E-state index in [4.69, 9.17) is 4.74 Å². The zero-order valence-corrected chi connectivity index (χ0v) is 14.8. The van der Waals surface area contributed by atoms with Crippen LogP contribution in [0.25, 0.3) is 22.5 Å². The van der Waals surface area contributed by atoms with Gasteiger partial charge >= 0.3 is 0 Å². The van der Waals surface area contributed by atoms with E-state index in [-0.39, 0.29) is 5.56 Å². The van der Waals surface area contributed by atoms with Crippen molar-refractivity contribution in [1.29, 1.82) is 0 Å². The van der Waals surface area contributed by atoms with Gasteiger partial charge in [-0.15, -0.1) is 0 Å². The fourth-order valence-electron chi connectivity index (χ4n) is 2.73. The molecule has 0 aliphatic rings. The van der Waals surface area contributed by atoms with E-state index in [1.807, 2.05) is 24.5 Å². The first-order valence-corrected chi connectivity index (χ1v) is 9.08. The summed E-state index contributed by atoms with van der Waals surface area (Å²) in [5, 5.41) is 1.02. The van der Waals surface area contributed by atoms with Crippen LogP contribution in [0.5, 0.6) is 5.75 Å². The van der Waals surface area contributed by atoms with Crippen LogP contribution in [0.3, 0.4) is 0 Å². The van der Waals surface area contributed by atoms with Gasteiger partial charge in [0.25, 0.3) is 5.56 Å². The van der Waals surface area contributed by atoms with Crippen molar-refractivity contribution < 1.29 is 4.74 Å². The number of rotatable bonds is 5. The summed E-state index contributed by atoms with van der Waals surface area (Å²) in [5.41, 5.74) is 0.966. The fraction of sp³-hybridized carbons (Fsp3) is 0.111. The molecule has 0 saturated heterocycles. The minimum Gasteiger partial charge on any atom is -0.489 e. The summed E-state index contributed by atoms with van der Waals surface area (Å²) >= 11 is 1.42. The minimum absolute atomic E-state index is 0.229. The lowest BCUT2D eigenvalue weighted by atomic mass is 10.3. The summed E-state index contributed by atoms with van der Waals surface area (Å²) in [4.78, 5) is 26.2. The molecule has 0 fully saturated rings. The molecule has 0 radical (unpaired) electrons. The Morgan fingerprint density at radius 1 is 1.35 bits per heavy atom. The summed E-state index contributed by atoms with van der Waals surface area (Å²) in [6.07, 6.45) is 8.54. The Hall–Kier alpha value is -3.13. The SMILES string of the molecule is C=CCOc1cccc(-n2c(=O)c3cnc(SC)nc3n3ccnc23)c1. The molecule has 130 valence electrons. The molecule has 3 heterocycles. The summed E-state index contributed by atoms with van der Waals surface area (Å²) in [5.74, 6) is 1.13. The molecular weight excluding hydrogens is 350 g/mol. The maximum atomic E-state index is 13.1. The van der Waals surface area contributed by atoms with Crippen molar-refractivity contribution in [1.82, 2.24) is 23.9 Å². The second-order valence-corrected chi connectivity index (χ2v) is 6.20. The van der Waals surface area contributed by atoms with Crippen LogP contribution in [0.1, 0.15) is 0 Å². The monoisotopic (exact) mass is 365 g/mol. The maximum Gasteiger partial charge on any atom is 0.270 e. The number of hydrogen-bond acceptors (Lipinski definition) is 6. The van der Waals surface area contributed by atoms with Crippen LogP contribution in [0.2, 0.25) is 0 Å². The minimum atomic E-state index is -0.229. The molecule has 0 amide bonds. The first kappa shape index (κ1) is 16.3. The van der Waals surface area contributed by atoms with Gasteiger partial charge in [0.2, 0.25) is 5.78 Å². The van der Waals surface area contributed by atoms with Crippen molar-refractivity contribution in [3.05, 3.63) is 65.9 Å². The van der Waals surface area contributed by atoms with E-state index in [1.54, 1.807) is 35.1 Å². The average molecular weight is 365 g/mol. The Labute approximate surface area is 153 Å². The molecule has 4 aromatic rings. The smallest absolute Gasteiger partial charge is 0.270 e. The molecule has 0 unspecified atom stereocenters. The molecule has 1 aromatic carbocycles. The third-order valence-electron chi connectivity index (χ3n) is 3.86. The molecule has 4 rings (SSSR count). The first-order valence-electron chi connectivity index (χ1n) is 7.86. The molecule has 8 heteroatoms. The number of nitrogens with zero attached hydrogens (tertiary/aromatic N) is 5. The van der Waals surface area contributed by atoms with Gasteiger partial charge in [-0.05, 0) is 18.4 Å². The number of imidazole rings is 1. The normalized spacial score (nSPS) is 11.1. The Morgan fingerprint density at radius 2 is 2.23 bits per heavy atom. The van der Waals surface area contributed by atoms with Crippen molar-refractivity contribution in [3.63, 3.8) is 0 Å². The molecule has 0 saturated carbocycles. The van der Waals surface area contributed by atoms with Crippen LogP contribution in [0, 0.1) is 0 Å². The highest BCUT2D eigenvalue weighted by molar-refractivity contribution is 7.98. The van der Waals surface area contributed by atoms with Crippen molar-refractivity contribution >= 4 is 28.6 Å². The third kappa shape index (κ3) is 2.64. The highest BCUT2D eigenvalue weighted by Crippen LogP contribution is 2.20. The van der Waals surface area contributed by atoms with Crippen molar-refractivity contribution in [2.75, 3.05) is 12.9 Å².